The minimum Gasteiger partial charge on any atom is -0.351 e. The quantitative estimate of drug-likeness (QED) is 0.725. The molecule has 1 atom stereocenters. The van der Waals surface area contributed by atoms with Gasteiger partial charge in [0.15, 0.2) is 5.65 Å². The predicted molar refractivity (Wildman–Crippen MR) is 86.2 cm³/mol. The molecule has 4 heterocycles. The Balaban J connectivity index is 1.70. The third kappa shape index (κ3) is 2.54. The lowest BCUT2D eigenvalue weighted by atomic mass is 10.2. The molecule has 3 aromatic heterocycles. The summed E-state index contributed by atoms with van der Waals surface area (Å²) >= 11 is 0. The van der Waals surface area contributed by atoms with Crippen molar-refractivity contribution in [2.45, 2.75) is 25.4 Å². The van der Waals surface area contributed by atoms with Crippen LogP contribution in [0.4, 0.5) is 5.82 Å². The summed E-state index contributed by atoms with van der Waals surface area (Å²) in [6.45, 7) is 1.47. The predicted octanol–water partition coefficient (Wildman–Crippen LogP) is 1.25. The van der Waals surface area contributed by atoms with E-state index in [-0.39, 0.29) is 11.6 Å². The van der Waals surface area contributed by atoms with E-state index in [1.165, 1.54) is 10.7 Å². The molecule has 0 N–H and O–H groups in total. The smallest absolute Gasteiger partial charge is 0.266 e. The fourth-order valence-corrected chi connectivity index (χ4v) is 3.14. The molecule has 4 rings (SSSR count). The highest BCUT2D eigenvalue weighted by Gasteiger charge is 2.28. The second kappa shape index (κ2) is 5.75. The topological polar surface area (TPSA) is 76.8 Å². The first kappa shape index (κ1) is 13.8. The van der Waals surface area contributed by atoms with Crippen LogP contribution in [-0.4, -0.2) is 37.3 Å². The van der Waals surface area contributed by atoms with Crippen LogP contribution in [0.5, 0.6) is 0 Å². The molecule has 0 amide bonds. The number of hydrogen-bond acceptors (Lipinski definition) is 6. The average Bonchev–Trinajstić information content (AvgIpc) is 3.04. The summed E-state index contributed by atoms with van der Waals surface area (Å²) in [4.78, 5) is 27.1. The average molecular weight is 308 g/mol. The number of pyridine rings is 1. The maximum atomic E-state index is 11.9. The highest BCUT2D eigenvalue weighted by molar-refractivity contribution is 5.86. The van der Waals surface area contributed by atoms with Crippen molar-refractivity contribution < 1.29 is 0 Å². The molecular formula is C16H16N6O. The van der Waals surface area contributed by atoms with Crippen LogP contribution in [0.2, 0.25) is 0 Å². The summed E-state index contributed by atoms with van der Waals surface area (Å²) in [7, 11) is 0. The third-order valence-electron chi connectivity index (χ3n) is 4.21. The summed E-state index contributed by atoms with van der Waals surface area (Å²) in [5.41, 5.74) is 0.617. The monoisotopic (exact) mass is 308 g/mol. The Hall–Kier alpha value is -2.83. The van der Waals surface area contributed by atoms with Gasteiger partial charge in [0.2, 0.25) is 0 Å². The third-order valence-corrected chi connectivity index (χ3v) is 4.21. The molecule has 0 bridgehead atoms. The molecule has 0 saturated carbocycles. The van der Waals surface area contributed by atoms with E-state index in [0.29, 0.717) is 12.2 Å². The van der Waals surface area contributed by atoms with Crippen LogP contribution in [0, 0.1) is 0 Å². The van der Waals surface area contributed by atoms with Crippen molar-refractivity contribution in [2.24, 2.45) is 0 Å². The van der Waals surface area contributed by atoms with Crippen LogP contribution >= 0.6 is 0 Å². The van der Waals surface area contributed by atoms with Crippen molar-refractivity contribution in [3.05, 3.63) is 53.3 Å². The van der Waals surface area contributed by atoms with Crippen LogP contribution in [-0.2, 0) is 6.54 Å². The molecule has 1 unspecified atom stereocenters. The summed E-state index contributed by atoms with van der Waals surface area (Å²) in [5, 5.41) is 5.10. The fraction of sp³-hybridized carbons (Fsp3) is 0.312. The van der Waals surface area contributed by atoms with Crippen LogP contribution in [0.1, 0.15) is 12.8 Å². The lowest BCUT2D eigenvalue weighted by Crippen LogP contribution is -2.37. The lowest BCUT2D eigenvalue weighted by Gasteiger charge is -2.26. The van der Waals surface area contributed by atoms with Crippen molar-refractivity contribution in [3.8, 4) is 0 Å². The zero-order valence-corrected chi connectivity index (χ0v) is 12.5. The normalized spacial score (nSPS) is 17.7. The number of aromatic nitrogens is 5. The van der Waals surface area contributed by atoms with Gasteiger partial charge in [-0.1, -0.05) is 0 Å². The number of hydrogen-bond donors (Lipinski definition) is 0. The molecule has 7 heteroatoms. The van der Waals surface area contributed by atoms with E-state index < -0.39 is 0 Å². The van der Waals surface area contributed by atoms with Gasteiger partial charge in [0.1, 0.15) is 12.1 Å². The van der Waals surface area contributed by atoms with Gasteiger partial charge >= 0.3 is 0 Å². The molecule has 0 radical (unpaired) electrons. The van der Waals surface area contributed by atoms with Crippen molar-refractivity contribution in [1.82, 2.24) is 24.7 Å². The molecule has 7 nitrogen and oxygen atoms in total. The van der Waals surface area contributed by atoms with Gasteiger partial charge in [-0.05, 0) is 31.0 Å². The maximum absolute atomic E-state index is 11.9. The van der Waals surface area contributed by atoms with Gasteiger partial charge in [0.05, 0.1) is 18.0 Å². The van der Waals surface area contributed by atoms with Crippen molar-refractivity contribution in [1.29, 1.82) is 0 Å². The number of nitrogens with zero attached hydrogens (tertiary/aromatic N) is 6. The Morgan fingerprint density at radius 3 is 2.96 bits per heavy atom. The SMILES string of the molecule is O=c1cccnn1CC1CCCN1c1ncnc2ncccc12. The zero-order chi connectivity index (χ0) is 15.6. The Morgan fingerprint density at radius 1 is 1.13 bits per heavy atom. The minimum absolute atomic E-state index is 0.0754. The van der Waals surface area contributed by atoms with E-state index in [1.54, 1.807) is 24.8 Å². The summed E-state index contributed by atoms with van der Waals surface area (Å²) < 4.78 is 1.52. The van der Waals surface area contributed by atoms with Gasteiger partial charge < -0.3 is 4.90 Å². The first-order valence-electron chi connectivity index (χ1n) is 7.67. The fourth-order valence-electron chi connectivity index (χ4n) is 3.14. The van der Waals surface area contributed by atoms with E-state index in [2.05, 4.69) is 25.0 Å². The molecule has 116 valence electrons. The molecule has 0 spiro atoms. The zero-order valence-electron chi connectivity index (χ0n) is 12.5. The Bertz CT molecular complexity index is 887. The number of rotatable bonds is 3. The van der Waals surface area contributed by atoms with Gasteiger partial charge in [0, 0.05) is 25.0 Å². The summed E-state index contributed by atoms with van der Waals surface area (Å²) in [6, 6.07) is 7.27. The van der Waals surface area contributed by atoms with Crippen molar-refractivity contribution in [2.75, 3.05) is 11.4 Å². The van der Waals surface area contributed by atoms with Gasteiger partial charge in [-0.2, -0.15) is 5.10 Å². The van der Waals surface area contributed by atoms with E-state index in [1.807, 2.05) is 12.1 Å². The van der Waals surface area contributed by atoms with Crippen LogP contribution in [0.15, 0.2) is 47.8 Å². The Morgan fingerprint density at radius 2 is 2.04 bits per heavy atom. The van der Waals surface area contributed by atoms with Crippen molar-refractivity contribution in [3.63, 3.8) is 0 Å². The van der Waals surface area contributed by atoms with Gasteiger partial charge in [0.25, 0.3) is 5.56 Å². The number of anilines is 1. The highest BCUT2D eigenvalue weighted by Crippen LogP contribution is 2.29. The molecule has 1 fully saturated rings. The first-order valence-corrected chi connectivity index (χ1v) is 7.67. The van der Waals surface area contributed by atoms with Gasteiger partial charge in [-0.15, -0.1) is 0 Å². The van der Waals surface area contributed by atoms with Crippen LogP contribution < -0.4 is 10.5 Å². The van der Waals surface area contributed by atoms with Gasteiger partial charge in [-0.25, -0.2) is 19.6 Å². The van der Waals surface area contributed by atoms with Crippen molar-refractivity contribution >= 4 is 16.9 Å². The Labute approximate surface area is 132 Å². The molecule has 1 aliphatic rings. The lowest BCUT2D eigenvalue weighted by molar-refractivity contribution is 0.487. The summed E-state index contributed by atoms with van der Waals surface area (Å²) in [6.07, 6.45) is 7.00. The van der Waals surface area contributed by atoms with E-state index in [0.717, 1.165) is 30.6 Å². The second-order valence-corrected chi connectivity index (χ2v) is 5.61. The maximum Gasteiger partial charge on any atom is 0.266 e. The van der Waals surface area contributed by atoms with Crippen LogP contribution in [0.25, 0.3) is 11.0 Å². The molecule has 23 heavy (non-hydrogen) atoms. The molecule has 1 aliphatic heterocycles. The summed E-state index contributed by atoms with van der Waals surface area (Å²) in [5.74, 6) is 0.884. The molecular weight excluding hydrogens is 292 g/mol. The van der Waals surface area contributed by atoms with Gasteiger partial charge in [-0.3, -0.25) is 4.79 Å². The molecule has 0 aliphatic carbocycles. The molecule has 0 aromatic carbocycles. The highest BCUT2D eigenvalue weighted by atomic mass is 16.1. The molecule has 3 aromatic rings. The number of fused-ring (bicyclic) bond motifs is 1. The standard InChI is InChI=1S/C16H16N6O/c23-14-6-2-8-20-22(14)10-12-4-3-9-21(12)16-13-5-1-7-17-15(13)18-11-19-16/h1-2,5-8,11-12H,3-4,9-10H2. The second-order valence-electron chi connectivity index (χ2n) is 5.61. The van der Waals surface area contributed by atoms with E-state index >= 15 is 0 Å². The minimum atomic E-state index is -0.0754. The first-order chi connectivity index (χ1) is 11.3. The van der Waals surface area contributed by atoms with Crippen LogP contribution in [0.3, 0.4) is 0 Å². The van der Waals surface area contributed by atoms with E-state index in [4.69, 9.17) is 0 Å². The molecule has 1 saturated heterocycles. The Kier molecular flexibility index (Phi) is 3.45. The van der Waals surface area contributed by atoms with E-state index in [9.17, 15) is 4.79 Å². The largest absolute Gasteiger partial charge is 0.351 e.